The van der Waals surface area contributed by atoms with Gasteiger partial charge in [0.1, 0.15) is 0 Å². The Hall–Kier alpha value is -7.65. The molecule has 9 heteroatoms. The molecule has 0 atom stereocenters. The van der Waals surface area contributed by atoms with Gasteiger partial charge in [0.2, 0.25) is 0 Å². The van der Waals surface area contributed by atoms with Gasteiger partial charge >= 0.3 is 0 Å². The lowest BCUT2D eigenvalue weighted by atomic mass is 10.1. The molecule has 0 saturated carbocycles. The van der Waals surface area contributed by atoms with Gasteiger partial charge in [-0.1, -0.05) is 91.0 Å². The molecule has 0 bridgehead atoms. The first kappa shape index (κ1) is 34.8. The first-order valence-corrected chi connectivity index (χ1v) is 16.7. The highest BCUT2D eigenvalue weighted by Gasteiger charge is 2.34. The molecule has 258 valence electrons. The molecule has 54 heavy (non-hydrogen) atoms. The van der Waals surface area contributed by atoms with Crippen LogP contribution in [0.25, 0.3) is 18.2 Å². The van der Waals surface area contributed by atoms with Crippen LogP contribution in [-0.4, -0.2) is 49.7 Å². The van der Waals surface area contributed by atoms with Gasteiger partial charge in [-0.15, -0.1) is 0 Å². The molecule has 3 aromatic carbocycles. The molecule has 3 aliphatic rings. The number of Topliss-reactive ketones (excluding diaryl/α,β-unsaturated/α-hetero) is 6. The number of aromatic nitrogens is 3. The third kappa shape index (κ3) is 6.97. The fourth-order valence-corrected chi connectivity index (χ4v) is 6.09. The van der Waals surface area contributed by atoms with Crippen LogP contribution in [-0.2, 0) is 0 Å². The van der Waals surface area contributed by atoms with E-state index in [1.807, 2.05) is 18.2 Å². The van der Waals surface area contributed by atoms with Crippen LogP contribution < -0.4 is 0 Å². The van der Waals surface area contributed by atoms with Crippen molar-refractivity contribution in [2.75, 3.05) is 0 Å². The number of carbonyl (C=O) groups excluding carboxylic acids is 6. The molecule has 0 fully saturated rings. The van der Waals surface area contributed by atoms with E-state index >= 15 is 0 Å². The quantitative estimate of drug-likeness (QED) is 0.134. The number of fused-ring (bicyclic) bond motifs is 3. The second kappa shape index (κ2) is 15.3. The van der Waals surface area contributed by atoms with Gasteiger partial charge in [0, 0.05) is 70.6 Å². The Kier molecular flexibility index (Phi) is 9.86. The zero-order valence-electron chi connectivity index (χ0n) is 28.4. The van der Waals surface area contributed by atoms with Crippen LogP contribution in [0.15, 0.2) is 163 Å². The van der Waals surface area contributed by atoms with E-state index in [4.69, 9.17) is 0 Å². The minimum absolute atomic E-state index is 0.209. The van der Waals surface area contributed by atoms with E-state index in [0.717, 1.165) is 16.7 Å². The van der Waals surface area contributed by atoms with Crippen molar-refractivity contribution < 1.29 is 28.8 Å². The van der Waals surface area contributed by atoms with Gasteiger partial charge in [-0.05, 0) is 53.1 Å². The maximum atomic E-state index is 12.1. The van der Waals surface area contributed by atoms with Gasteiger partial charge in [0.25, 0.3) is 0 Å². The largest absolute Gasteiger partial charge is 0.288 e. The Balaban J connectivity index is 0.000000125. The van der Waals surface area contributed by atoms with Gasteiger partial charge in [0.15, 0.2) is 34.7 Å². The van der Waals surface area contributed by atoms with Crippen molar-refractivity contribution in [3.63, 3.8) is 0 Å². The number of hydrogen-bond acceptors (Lipinski definition) is 9. The Bertz CT molecular complexity index is 2190. The molecule has 0 aliphatic heterocycles. The molecule has 3 aliphatic carbocycles. The van der Waals surface area contributed by atoms with E-state index in [0.29, 0.717) is 33.4 Å². The summed E-state index contributed by atoms with van der Waals surface area (Å²) in [4.78, 5) is 84.5. The maximum absolute atomic E-state index is 12.1. The van der Waals surface area contributed by atoms with E-state index in [-0.39, 0.29) is 51.4 Å². The van der Waals surface area contributed by atoms with Gasteiger partial charge < -0.3 is 0 Å². The van der Waals surface area contributed by atoms with Crippen molar-refractivity contribution >= 4 is 52.9 Å². The van der Waals surface area contributed by atoms with Crippen LogP contribution in [0, 0.1) is 0 Å². The Morgan fingerprint density at radius 3 is 0.704 bits per heavy atom. The first-order valence-electron chi connectivity index (χ1n) is 16.7. The van der Waals surface area contributed by atoms with Gasteiger partial charge in [-0.3, -0.25) is 43.7 Å². The molecule has 0 saturated heterocycles. The number of hydrogen-bond donors (Lipinski definition) is 0. The summed E-state index contributed by atoms with van der Waals surface area (Å²) in [5.41, 5.74) is 5.80. The smallest absolute Gasteiger partial charge is 0.197 e. The van der Waals surface area contributed by atoms with Gasteiger partial charge in [-0.25, -0.2) is 0 Å². The highest BCUT2D eigenvalue weighted by atomic mass is 16.2. The number of pyridine rings is 3. The fraction of sp³-hybridized carbons (Fsp3) is 0. The third-order valence-electron chi connectivity index (χ3n) is 8.70. The fourth-order valence-electron chi connectivity index (χ4n) is 6.09. The molecule has 0 radical (unpaired) electrons. The summed E-state index contributed by atoms with van der Waals surface area (Å²) < 4.78 is 0. The Morgan fingerprint density at radius 1 is 0.296 bits per heavy atom. The monoisotopic (exact) mass is 705 g/mol. The number of rotatable bonds is 3. The summed E-state index contributed by atoms with van der Waals surface area (Å²) in [5.74, 6) is -1.25. The lowest BCUT2D eigenvalue weighted by Gasteiger charge is -1.94. The van der Waals surface area contributed by atoms with E-state index < -0.39 is 0 Å². The highest BCUT2D eigenvalue weighted by molar-refractivity contribution is 6.42. The summed E-state index contributed by atoms with van der Waals surface area (Å²) in [6, 6.07) is 31.4. The van der Waals surface area contributed by atoms with Crippen molar-refractivity contribution in [2.24, 2.45) is 0 Å². The van der Waals surface area contributed by atoms with E-state index in [9.17, 15) is 28.8 Å². The zero-order valence-corrected chi connectivity index (χ0v) is 28.4. The second-order valence-corrected chi connectivity index (χ2v) is 12.1. The van der Waals surface area contributed by atoms with Crippen LogP contribution in [0.3, 0.4) is 0 Å². The molecule has 0 N–H and O–H groups in total. The van der Waals surface area contributed by atoms with Gasteiger partial charge in [0.05, 0.1) is 16.7 Å². The van der Waals surface area contributed by atoms with Gasteiger partial charge in [-0.2, -0.15) is 0 Å². The average Bonchev–Trinajstić information content (AvgIpc) is 3.72. The predicted molar refractivity (Wildman–Crippen MR) is 202 cm³/mol. The maximum Gasteiger partial charge on any atom is 0.197 e. The number of allylic oxidation sites excluding steroid dienone is 3. The van der Waals surface area contributed by atoms with Crippen molar-refractivity contribution in [3.05, 3.63) is 213 Å². The number of ketones is 6. The highest BCUT2D eigenvalue weighted by Crippen LogP contribution is 2.29. The van der Waals surface area contributed by atoms with Crippen LogP contribution in [0.4, 0.5) is 0 Å². The van der Waals surface area contributed by atoms with Crippen molar-refractivity contribution in [3.8, 4) is 0 Å². The predicted octanol–water partition coefficient (Wildman–Crippen LogP) is 7.63. The topological polar surface area (TPSA) is 141 Å². The summed E-state index contributed by atoms with van der Waals surface area (Å²) in [5, 5.41) is 0. The molecule has 3 heterocycles. The minimum atomic E-state index is -0.209. The van der Waals surface area contributed by atoms with E-state index in [1.54, 1.807) is 146 Å². The molecular formula is C45H27N3O6. The molecule has 0 amide bonds. The van der Waals surface area contributed by atoms with Crippen LogP contribution in [0.5, 0.6) is 0 Å². The van der Waals surface area contributed by atoms with Crippen LogP contribution in [0.2, 0.25) is 0 Å². The van der Waals surface area contributed by atoms with Crippen molar-refractivity contribution in [1.29, 1.82) is 0 Å². The lowest BCUT2D eigenvalue weighted by Crippen LogP contribution is -2.00. The summed E-state index contributed by atoms with van der Waals surface area (Å²) in [6.45, 7) is 0. The molecule has 3 aromatic heterocycles. The number of carbonyl (C=O) groups is 6. The zero-order chi connectivity index (χ0) is 37.6. The normalized spacial score (nSPS) is 13.7. The lowest BCUT2D eigenvalue weighted by molar-refractivity contribution is 0.0975. The Labute approximate surface area is 309 Å². The average molecular weight is 706 g/mol. The first-order chi connectivity index (χ1) is 26.3. The summed E-state index contributed by atoms with van der Waals surface area (Å²) >= 11 is 0. The number of nitrogens with zero attached hydrogens (tertiary/aromatic N) is 3. The molecular weight excluding hydrogens is 679 g/mol. The van der Waals surface area contributed by atoms with Crippen LogP contribution in [0.1, 0.15) is 78.8 Å². The molecule has 0 unspecified atom stereocenters. The Morgan fingerprint density at radius 2 is 0.519 bits per heavy atom. The number of benzene rings is 3. The molecule has 9 rings (SSSR count). The SMILES string of the molecule is O=C1C(=Cc2cccnc2)C(=O)c2ccccc21.O=C1C(=Cc2cccnc2)C(=O)c2ccccc21.O=C1C(=Cc2cccnc2)C(=O)c2ccccc21. The molecule has 9 nitrogen and oxygen atoms in total. The summed E-state index contributed by atoms with van der Waals surface area (Å²) in [6.07, 6.45) is 14.6. The van der Waals surface area contributed by atoms with E-state index in [2.05, 4.69) is 15.0 Å². The third-order valence-corrected chi connectivity index (χ3v) is 8.70. The standard InChI is InChI=1S/3C15H9NO2/c3*17-14-11-5-1-2-6-12(11)15(18)13(14)8-10-4-3-7-16-9-10/h3*1-9H. The van der Waals surface area contributed by atoms with E-state index in [1.165, 1.54) is 0 Å². The summed E-state index contributed by atoms with van der Waals surface area (Å²) in [7, 11) is 0. The second-order valence-electron chi connectivity index (χ2n) is 12.1. The van der Waals surface area contributed by atoms with Crippen LogP contribution >= 0.6 is 0 Å². The van der Waals surface area contributed by atoms with Crippen molar-refractivity contribution in [2.45, 2.75) is 0 Å². The minimum Gasteiger partial charge on any atom is -0.288 e. The van der Waals surface area contributed by atoms with Crippen molar-refractivity contribution in [1.82, 2.24) is 15.0 Å². The molecule has 0 spiro atoms. The molecule has 6 aromatic rings.